The Morgan fingerprint density at radius 2 is 1.40 bits per heavy atom. The van der Waals surface area contributed by atoms with Crippen molar-refractivity contribution in [3.8, 4) is 6.07 Å². The van der Waals surface area contributed by atoms with Gasteiger partial charge in [0.05, 0.1) is 48.1 Å². The Hall–Kier alpha value is -5.10. The second-order valence-electron chi connectivity index (χ2n) is 13.9. The molecule has 0 saturated heterocycles. The molecule has 0 bridgehead atoms. The highest BCUT2D eigenvalue weighted by molar-refractivity contribution is 5.75. The maximum absolute atomic E-state index is 10.5. The van der Waals surface area contributed by atoms with Gasteiger partial charge < -0.3 is 24.7 Å². The average Bonchev–Trinajstić information content (AvgIpc) is 3.76. The lowest BCUT2D eigenvalue weighted by molar-refractivity contribution is -0.00877. The zero-order valence-corrected chi connectivity index (χ0v) is 28.3. The number of nitrogens with one attached hydrogen (secondary N) is 2. The van der Waals surface area contributed by atoms with Crippen molar-refractivity contribution in [3.63, 3.8) is 0 Å². The Morgan fingerprint density at radius 3 is 1.84 bits per heavy atom. The van der Waals surface area contributed by atoms with Crippen molar-refractivity contribution < 1.29 is 14.6 Å². The van der Waals surface area contributed by atoms with Crippen LogP contribution in [0.25, 0.3) is 33.6 Å². The molecule has 260 valence electrons. The highest BCUT2D eigenvalue weighted by Gasteiger charge is 2.43. The summed E-state index contributed by atoms with van der Waals surface area (Å²) in [5.41, 5.74) is 5.38. The summed E-state index contributed by atoms with van der Waals surface area (Å²) in [7, 11) is 0. The predicted octanol–water partition coefficient (Wildman–Crippen LogP) is 5.83. The van der Waals surface area contributed by atoms with Crippen molar-refractivity contribution in [2.75, 3.05) is 6.54 Å². The van der Waals surface area contributed by atoms with E-state index in [4.69, 9.17) is 15.1 Å². The molecule has 50 heavy (non-hydrogen) atoms. The fourth-order valence-corrected chi connectivity index (χ4v) is 8.44. The van der Waals surface area contributed by atoms with Crippen molar-refractivity contribution in [2.24, 2.45) is 11.8 Å². The minimum atomic E-state index is -0.900. The van der Waals surface area contributed by atoms with Crippen molar-refractivity contribution in [1.82, 2.24) is 54.0 Å². The summed E-state index contributed by atoms with van der Waals surface area (Å²) >= 11 is 0. The Bertz CT molecular complexity index is 2040. The number of hydrogen-bond acceptors (Lipinski definition) is 9. The monoisotopic (exact) mass is 678 g/mol. The van der Waals surface area contributed by atoms with Gasteiger partial charge in [-0.2, -0.15) is 5.26 Å². The van der Waals surface area contributed by atoms with E-state index in [0.717, 1.165) is 96.6 Å². The number of aromatic amines is 2. The second-order valence-corrected chi connectivity index (χ2v) is 13.9. The van der Waals surface area contributed by atoms with Gasteiger partial charge in [-0.3, -0.25) is 8.80 Å². The van der Waals surface area contributed by atoms with Crippen LogP contribution in [-0.2, 0) is 4.74 Å². The van der Waals surface area contributed by atoms with Gasteiger partial charge >= 0.3 is 6.09 Å². The minimum Gasteiger partial charge on any atom is -0.465 e. The lowest BCUT2D eigenvalue weighted by Gasteiger charge is -2.18. The van der Waals surface area contributed by atoms with Crippen molar-refractivity contribution >= 4 is 39.7 Å². The molecule has 0 spiro atoms. The van der Waals surface area contributed by atoms with Gasteiger partial charge in [-0.15, -0.1) is 20.4 Å². The number of aromatic nitrogens is 10. The Balaban J connectivity index is 0.000000283. The summed E-state index contributed by atoms with van der Waals surface area (Å²) in [5.74, 6) is 3.71. The van der Waals surface area contributed by atoms with Gasteiger partial charge in [0.2, 0.25) is 0 Å². The van der Waals surface area contributed by atoms with E-state index in [1.54, 1.807) is 12.4 Å². The van der Waals surface area contributed by atoms with Crippen molar-refractivity contribution in [3.05, 3.63) is 48.6 Å². The zero-order chi connectivity index (χ0) is 34.4. The van der Waals surface area contributed by atoms with Gasteiger partial charge in [0.1, 0.15) is 11.6 Å². The summed E-state index contributed by atoms with van der Waals surface area (Å²) < 4.78 is 11.3. The van der Waals surface area contributed by atoms with Crippen LogP contribution in [0.3, 0.4) is 0 Å². The number of nitriles is 1. The molecule has 6 aromatic rings. The molecule has 1 amide bonds. The summed E-state index contributed by atoms with van der Waals surface area (Å²) in [6.45, 7) is 4.92. The summed E-state index contributed by atoms with van der Waals surface area (Å²) in [6, 6.07) is 6.24. The molecular weight excluding hydrogens is 636 g/mol. The number of carboxylic acid groups (broad SMARTS) is 1. The van der Waals surface area contributed by atoms with E-state index >= 15 is 0 Å². The molecule has 0 unspecified atom stereocenters. The standard InChI is InChI=1S/C28H32N10O.C7H10N2O2/c1-3-15-9-17(11-19(15)27-35-33-23-13-31-25-21(37(23)27)5-7-29-25)39-18-10-16(4-2)20(12-18)28-36-34-24-14-32-26-22(38(24)28)6-8-30-26;8-4-1-5-9(7(10)11)6-2-3-6/h5-8,13-20,29-30H,3-4,9-12H2,1-2H3;6H,1-3,5H2,(H,10,11)/t15-,16-,17+,18+,19+,20+;/m1./s1. The molecule has 3 aliphatic carbocycles. The lowest BCUT2D eigenvalue weighted by atomic mass is 9.93. The van der Waals surface area contributed by atoms with Gasteiger partial charge in [-0.05, 0) is 62.5 Å². The number of amides is 1. The lowest BCUT2D eigenvalue weighted by Crippen LogP contribution is -2.32. The highest BCUT2D eigenvalue weighted by atomic mass is 16.5. The van der Waals surface area contributed by atoms with Gasteiger partial charge in [0.25, 0.3) is 0 Å². The fourth-order valence-electron chi connectivity index (χ4n) is 8.44. The summed E-state index contributed by atoms with van der Waals surface area (Å²) in [5, 5.41) is 35.1. The number of hydrogen-bond donors (Lipinski definition) is 3. The number of nitrogens with zero attached hydrogens (tertiary/aromatic N) is 10. The molecule has 3 fully saturated rings. The quantitative estimate of drug-likeness (QED) is 0.168. The first-order valence-electron chi connectivity index (χ1n) is 17.8. The Kier molecular flexibility index (Phi) is 8.55. The Labute approximate surface area is 288 Å². The van der Waals surface area contributed by atoms with Crippen LogP contribution in [0.2, 0.25) is 0 Å². The smallest absolute Gasteiger partial charge is 0.407 e. The molecule has 15 heteroatoms. The van der Waals surface area contributed by atoms with E-state index in [2.05, 4.69) is 75.1 Å². The largest absolute Gasteiger partial charge is 0.465 e. The number of carbonyl (C=O) groups is 1. The van der Waals surface area contributed by atoms with E-state index in [1.807, 2.05) is 18.5 Å². The molecule has 6 aromatic heterocycles. The van der Waals surface area contributed by atoms with Crippen LogP contribution in [0.4, 0.5) is 4.79 Å². The Morgan fingerprint density at radius 1 is 0.880 bits per heavy atom. The molecule has 0 radical (unpaired) electrons. The van der Waals surface area contributed by atoms with E-state index in [1.165, 1.54) is 4.90 Å². The van der Waals surface area contributed by atoms with Crippen molar-refractivity contribution in [2.45, 2.75) is 102 Å². The third-order valence-corrected chi connectivity index (χ3v) is 11.0. The van der Waals surface area contributed by atoms with Gasteiger partial charge in [-0.25, -0.2) is 14.8 Å². The first-order chi connectivity index (χ1) is 24.5. The molecule has 9 rings (SSSR count). The van der Waals surface area contributed by atoms with Gasteiger partial charge in [0, 0.05) is 36.8 Å². The summed E-state index contributed by atoms with van der Waals surface area (Å²) in [4.78, 5) is 27.3. The number of rotatable bonds is 9. The van der Waals surface area contributed by atoms with Crippen LogP contribution in [0, 0.1) is 23.2 Å². The van der Waals surface area contributed by atoms with Crippen LogP contribution in [-0.4, -0.2) is 90.0 Å². The normalized spacial score (nSPS) is 25.0. The molecular formula is C35H42N12O3. The van der Waals surface area contributed by atoms with Crippen LogP contribution < -0.4 is 0 Å². The minimum absolute atomic E-state index is 0.195. The first-order valence-corrected chi connectivity index (χ1v) is 17.8. The third-order valence-electron chi connectivity index (χ3n) is 11.0. The van der Waals surface area contributed by atoms with E-state index in [-0.39, 0.29) is 18.2 Å². The molecule has 0 aromatic carbocycles. The van der Waals surface area contributed by atoms with E-state index < -0.39 is 6.09 Å². The molecule has 6 atom stereocenters. The average molecular weight is 679 g/mol. The first kappa shape index (κ1) is 32.1. The van der Waals surface area contributed by atoms with Crippen molar-refractivity contribution in [1.29, 1.82) is 5.26 Å². The number of ether oxygens (including phenoxy) is 1. The van der Waals surface area contributed by atoms with Gasteiger partial charge in [0.15, 0.2) is 22.6 Å². The predicted molar refractivity (Wildman–Crippen MR) is 183 cm³/mol. The zero-order valence-electron chi connectivity index (χ0n) is 28.3. The maximum Gasteiger partial charge on any atom is 0.407 e. The van der Waals surface area contributed by atoms with Crippen LogP contribution in [0.1, 0.15) is 95.1 Å². The molecule has 0 aliphatic heterocycles. The molecule has 3 saturated carbocycles. The number of fused-ring (bicyclic) bond motifs is 6. The fraction of sp³-hybridized carbons (Fsp3) is 0.543. The van der Waals surface area contributed by atoms with E-state index in [9.17, 15) is 4.79 Å². The van der Waals surface area contributed by atoms with Crippen LogP contribution in [0.15, 0.2) is 36.9 Å². The molecule has 3 aliphatic rings. The molecule has 6 heterocycles. The van der Waals surface area contributed by atoms with Crippen LogP contribution >= 0.6 is 0 Å². The highest BCUT2D eigenvalue weighted by Crippen LogP contribution is 2.47. The second kappa shape index (κ2) is 13.3. The third kappa shape index (κ3) is 5.81. The van der Waals surface area contributed by atoms with Gasteiger partial charge in [-0.1, -0.05) is 26.7 Å². The SMILES string of the molecule is CC[C@@H]1C[C@H](O[C@H]2C[C@@H](CC)[C@@H](c3nnc4cnc5[nH]ccc5n34)C2)C[C@@H]1c1nnc2cnc3[nH]ccc3n12.N#CCCN(C(=O)O)C1CC1. The maximum atomic E-state index is 10.5. The van der Waals surface area contributed by atoms with Crippen LogP contribution in [0.5, 0.6) is 0 Å². The molecule has 3 N–H and O–H groups in total. The molecule has 15 nitrogen and oxygen atoms in total. The summed E-state index contributed by atoms with van der Waals surface area (Å²) in [6.07, 6.45) is 15.4. The number of H-pyrrole nitrogens is 2. The van der Waals surface area contributed by atoms with E-state index in [0.29, 0.717) is 36.6 Å². The topological polar surface area (TPSA) is 191 Å².